The maximum atomic E-state index is 12.5. The van der Waals surface area contributed by atoms with Crippen molar-refractivity contribution in [3.05, 3.63) is 36.0 Å². The van der Waals surface area contributed by atoms with E-state index in [1.54, 1.807) is 7.11 Å². The van der Waals surface area contributed by atoms with Crippen LogP contribution in [-0.4, -0.2) is 35.7 Å². The van der Waals surface area contributed by atoms with Crippen molar-refractivity contribution in [2.75, 3.05) is 13.7 Å². The first-order valence-electron chi connectivity index (χ1n) is 8.10. The molecule has 0 spiro atoms. The van der Waals surface area contributed by atoms with Crippen molar-refractivity contribution in [1.29, 1.82) is 0 Å². The molecule has 1 amide bonds. The molecule has 2 aromatic rings. The number of methoxy groups -OCH3 is 1. The van der Waals surface area contributed by atoms with Crippen molar-refractivity contribution in [2.45, 2.75) is 38.6 Å². The maximum Gasteiger partial charge on any atom is 0.228 e. The highest BCUT2D eigenvalue weighted by molar-refractivity contribution is 5.79. The second-order valence-electron chi connectivity index (χ2n) is 5.88. The molecule has 1 aromatic heterocycles. The molecule has 0 aliphatic carbocycles. The van der Waals surface area contributed by atoms with Gasteiger partial charge in [-0.3, -0.25) is 4.79 Å². The fourth-order valence-corrected chi connectivity index (χ4v) is 3.15. The van der Waals surface area contributed by atoms with Crippen LogP contribution < -0.4 is 4.74 Å². The lowest BCUT2D eigenvalue weighted by molar-refractivity contribution is -0.131. The molecule has 1 aliphatic rings. The lowest BCUT2D eigenvalue weighted by Gasteiger charge is -2.23. The monoisotopic (exact) mass is 314 g/mol. The predicted molar refractivity (Wildman–Crippen MR) is 87.2 cm³/mol. The molecule has 0 N–H and O–H groups in total. The van der Waals surface area contributed by atoms with Crippen LogP contribution in [0.5, 0.6) is 5.75 Å². The van der Waals surface area contributed by atoms with Crippen LogP contribution in [0.15, 0.2) is 34.9 Å². The zero-order valence-corrected chi connectivity index (χ0v) is 13.6. The van der Waals surface area contributed by atoms with Gasteiger partial charge in [-0.05, 0) is 31.4 Å². The highest BCUT2D eigenvalue weighted by Crippen LogP contribution is 2.25. The first kappa shape index (κ1) is 15.6. The summed E-state index contributed by atoms with van der Waals surface area (Å²) >= 11 is 0. The van der Waals surface area contributed by atoms with Crippen molar-refractivity contribution >= 4 is 5.91 Å². The SMILES string of the molecule is CCC1CCCN1C(=O)Cc1cc(-c2cccc(OC)c2)on1. The van der Waals surface area contributed by atoms with E-state index in [1.807, 2.05) is 35.2 Å². The summed E-state index contributed by atoms with van der Waals surface area (Å²) in [6.07, 6.45) is 3.51. The molecule has 3 rings (SSSR count). The Morgan fingerprint density at radius 1 is 1.43 bits per heavy atom. The van der Waals surface area contributed by atoms with Crippen LogP contribution in [0.2, 0.25) is 0 Å². The van der Waals surface area contributed by atoms with Gasteiger partial charge in [-0.2, -0.15) is 0 Å². The van der Waals surface area contributed by atoms with Gasteiger partial charge in [0.2, 0.25) is 5.91 Å². The van der Waals surface area contributed by atoms with Crippen LogP contribution in [0.3, 0.4) is 0 Å². The van der Waals surface area contributed by atoms with Crippen molar-refractivity contribution in [1.82, 2.24) is 10.1 Å². The Hall–Kier alpha value is -2.30. The number of carbonyl (C=O) groups excluding carboxylic acids is 1. The molecule has 0 radical (unpaired) electrons. The lowest BCUT2D eigenvalue weighted by atomic mass is 10.1. The van der Waals surface area contributed by atoms with Gasteiger partial charge in [-0.25, -0.2) is 0 Å². The molecule has 5 heteroatoms. The van der Waals surface area contributed by atoms with E-state index < -0.39 is 0 Å². The van der Waals surface area contributed by atoms with Gasteiger partial charge in [-0.15, -0.1) is 0 Å². The van der Waals surface area contributed by atoms with E-state index in [-0.39, 0.29) is 5.91 Å². The number of amides is 1. The first-order valence-corrected chi connectivity index (χ1v) is 8.10. The van der Waals surface area contributed by atoms with E-state index in [0.717, 1.165) is 37.1 Å². The summed E-state index contributed by atoms with van der Waals surface area (Å²) in [4.78, 5) is 14.4. The number of hydrogen-bond acceptors (Lipinski definition) is 4. The fraction of sp³-hybridized carbons (Fsp3) is 0.444. The van der Waals surface area contributed by atoms with Gasteiger partial charge in [0.25, 0.3) is 0 Å². The Balaban J connectivity index is 1.70. The number of likely N-dealkylation sites (tertiary alicyclic amines) is 1. The lowest BCUT2D eigenvalue weighted by Crippen LogP contribution is -2.36. The number of rotatable bonds is 5. The maximum absolute atomic E-state index is 12.5. The van der Waals surface area contributed by atoms with Crippen LogP contribution in [0, 0.1) is 0 Å². The van der Waals surface area contributed by atoms with Gasteiger partial charge >= 0.3 is 0 Å². The van der Waals surface area contributed by atoms with Crippen molar-refractivity contribution in [2.24, 2.45) is 0 Å². The molecule has 0 saturated carbocycles. The Kier molecular flexibility index (Phi) is 4.65. The van der Waals surface area contributed by atoms with Gasteiger partial charge in [-0.1, -0.05) is 24.2 Å². The molecular formula is C18H22N2O3. The number of hydrogen-bond donors (Lipinski definition) is 0. The van der Waals surface area contributed by atoms with Gasteiger partial charge in [0.1, 0.15) is 5.75 Å². The summed E-state index contributed by atoms with van der Waals surface area (Å²) in [5.74, 6) is 1.55. The van der Waals surface area contributed by atoms with E-state index in [2.05, 4.69) is 12.1 Å². The standard InChI is InChI=1S/C18H22N2O3/c1-3-15-7-5-9-20(15)18(21)12-14-11-17(23-19-14)13-6-4-8-16(10-13)22-2/h4,6,8,10-11,15H,3,5,7,9,12H2,1-2H3. The number of nitrogens with zero attached hydrogens (tertiary/aromatic N) is 2. The number of aromatic nitrogens is 1. The van der Waals surface area contributed by atoms with Crippen LogP contribution in [-0.2, 0) is 11.2 Å². The minimum Gasteiger partial charge on any atom is -0.497 e. The topological polar surface area (TPSA) is 55.6 Å². The average molecular weight is 314 g/mol. The van der Waals surface area contributed by atoms with Crippen molar-refractivity contribution in [3.8, 4) is 17.1 Å². The molecule has 1 atom stereocenters. The Morgan fingerprint density at radius 2 is 2.30 bits per heavy atom. The van der Waals surface area contributed by atoms with E-state index in [9.17, 15) is 4.79 Å². The van der Waals surface area contributed by atoms with Gasteiger partial charge in [0.15, 0.2) is 5.76 Å². The summed E-state index contributed by atoms with van der Waals surface area (Å²) in [6.45, 7) is 2.99. The van der Waals surface area contributed by atoms with Gasteiger partial charge < -0.3 is 14.2 Å². The number of carbonyl (C=O) groups is 1. The third kappa shape index (κ3) is 3.38. The van der Waals surface area contributed by atoms with Gasteiger partial charge in [0.05, 0.1) is 19.2 Å². The highest BCUT2D eigenvalue weighted by atomic mass is 16.5. The Morgan fingerprint density at radius 3 is 3.09 bits per heavy atom. The van der Waals surface area contributed by atoms with Crippen LogP contribution in [0.25, 0.3) is 11.3 Å². The minimum atomic E-state index is 0.139. The minimum absolute atomic E-state index is 0.139. The third-order valence-electron chi connectivity index (χ3n) is 4.41. The molecule has 1 saturated heterocycles. The largest absolute Gasteiger partial charge is 0.497 e. The highest BCUT2D eigenvalue weighted by Gasteiger charge is 2.27. The summed E-state index contributed by atoms with van der Waals surface area (Å²) in [7, 11) is 1.63. The molecule has 2 heterocycles. The van der Waals surface area contributed by atoms with Crippen LogP contribution in [0.4, 0.5) is 0 Å². The molecule has 1 aromatic carbocycles. The van der Waals surface area contributed by atoms with Crippen LogP contribution >= 0.6 is 0 Å². The van der Waals surface area contributed by atoms with Crippen molar-refractivity contribution in [3.63, 3.8) is 0 Å². The third-order valence-corrected chi connectivity index (χ3v) is 4.41. The summed E-state index contributed by atoms with van der Waals surface area (Å²) < 4.78 is 10.6. The van der Waals surface area contributed by atoms with E-state index in [4.69, 9.17) is 9.26 Å². The molecule has 5 nitrogen and oxygen atoms in total. The normalized spacial score (nSPS) is 17.5. The summed E-state index contributed by atoms with van der Waals surface area (Å²) in [5.41, 5.74) is 1.57. The Bertz CT molecular complexity index is 680. The van der Waals surface area contributed by atoms with Crippen molar-refractivity contribution < 1.29 is 14.1 Å². The second kappa shape index (κ2) is 6.86. The fourth-order valence-electron chi connectivity index (χ4n) is 3.15. The quantitative estimate of drug-likeness (QED) is 0.850. The van der Waals surface area contributed by atoms with E-state index in [0.29, 0.717) is 23.9 Å². The molecule has 1 aliphatic heterocycles. The van der Waals surface area contributed by atoms with E-state index in [1.165, 1.54) is 0 Å². The van der Waals surface area contributed by atoms with Crippen LogP contribution in [0.1, 0.15) is 31.9 Å². The molecule has 1 unspecified atom stereocenters. The van der Waals surface area contributed by atoms with Gasteiger partial charge in [0, 0.05) is 24.2 Å². The summed E-state index contributed by atoms with van der Waals surface area (Å²) in [6, 6.07) is 9.82. The zero-order valence-electron chi connectivity index (χ0n) is 13.6. The predicted octanol–water partition coefficient (Wildman–Crippen LogP) is 3.29. The molecule has 23 heavy (non-hydrogen) atoms. The second-order valence-corrected chi connectivity index (χ2v) is 5.88. The average Bonchev–Trinajstić information content (AvgIpc) is 3.23. The molecule has 122 valence electrons. The first-order chi connectivity index (χ1) is 11.2. The van der Waals surface area contributed by atoms with E-state index >= 15 is 0 Å². The smallest absolute Gasteiger partial charge is 0.228 e. The number of ether oxygens (including phenoxy) is 1. The number of benzene rings is 1. The zero-order chi connectivity index (χ0) is 16.2. The summed E-state index contributed by atoms with van der Waals surface area (Å²) in [5, 5.41) is 4.05. The molecular weight excluding hydrogens is 292 g/mol. The molecule has 1 fully saturated rings. The molecule has 0 bridgehead atoms. The Labute approximate surface area is 136 Å².